The largest absolute Gasteiger partial charge is 0.325 e. The minimum absolute atomic E-state index is 0.213. The fourth-order valence-electron chi connectivity index (χ4n) is 0.967. The predicted molar refractivity (Wildman–Crippen MR) is 44.8 cm³/mol. The van der Waals surface area contributed by atoms with Crippen LogP contribution in [0.1, 0.15) is 39.0 Å². The molecule has 10 heavy (non-hydrogen) atoms. The Morgan fingerprint density at radius 2 is 2.10 bits per heavy atom. The predicted octanol–water partition coefficient (Wildman–Crippen LogP) is 2.22. The lowest BCUT2D eigenvalue weighted by Crippen LogP contribution is -2.19. The van der Waals surface area contributed by atoms with Crippen LogP contribution in [-0.2, 0) is 0 Å². The number of allylic oxidation sites excluding steroid dienone is 1. The normalized spacial score (nSPS) is 21.8. The molecule has 2 N–H and O–H groups in total. The lowest BCUT2D eigenvalue weighted by Gasteiger charge is -2.01. The van der Waals surface area contributed by atoms with Crippen molar-refractivity contribution >= 4 is 0 Å². The molecule has 1 heteroatoms. The Labute approximate surface area is 63.3 Å². The summed E-state index contributed by atoms with van der Waals surface area (Å²) >= 11 is 0. The molecule has 0 heterocycles. The number of rotatable bonds is 4. The maximum atomic E-state index is 5.88. The Kier molecular flexibility index (Phi) is 2.50. The monoisotopic (exact) mass is 139 g/mol. The van der Waals surface area contributed by atoms with Crippen molar-refractivity contribution in [2.45, 2.75) is 44.6 Å². The van der Waals surface area contributed by atoms with Gasteiger partial charge in [-0.15, -0.1) is 0 Å². The molecule has 1 aliphatic rings. The van der Waals surface area contributed by atoms with E-state index in [0.717, 1.165) is 6.42 Å². The van der Waals surface area contributed by atoms with Crippen LogP contribution >= 0.6 is 0 Å². The Bertz CT molecular complexity index is 123. The molecule has 0 aromatic carbocycles. The lowest BCUT2D eigenvalue weighted by molar-refractivity contribution is 0.687. The molecule has 0 aromatic heterocycles. The first-order chi connectivity index (χ1) is 4.77. The molecule has 0 unspecified atom stereocenters. The summed E-state index contributed by atoms with van der Waals surface area (Å²) in [7, 11) is 0. The Morgan fingerprint density at radius 3 is 2.60 bits per heavy atom. The van der Waals surface area contributed by atoms with Crippen LogP contribution in [0.5, 0.6) is 0 Å². The molecule has 58 valence electrons. The van der Waals surface area contributed by atoms with Crippen molar-refractivity contribution in [2.75, 3.05) is 0 Å². The van der Waals surface area contributed by atoms with Gasteiger partial charge in [0.05, 0.1) is 0 Å². The van der Waals surface area contributed by atoms with Gasteiger partial charge >= 0.3 is 0 Å². The second-order valence-electron chi connectivity index (χ2n) is 3.33. The molecule has 0 spiro atoms. The van der Waals surface area contributed by atoms with Crippen molar-refractivity contribution in [3.8, 4) is 0 Å². The van der Waals surface area contributed by atoms with Crippen molar-refractivity contribution in [1.82, 2.24) is 0 Å². The van der Waals surface area contributed by atoms with Crippen LogP contribution in [0, 0.1) is 0 Å². The van der Waals surface area contributed by atoms with Gasteiger partial charge in [0.15, 0.2) is 0 Å². The quantitative estimate of drug-likeness (QED) is 0.594. The average molecular weight is 139 g/mol. The van der Waals surface area contributed by atoms with E-state index in [0.29, 0.717) is 0 Å². The van der Waals surface area contributed by atoms with Crippen LogP contribution in [0.3, 0.4) is 0 Å². The summed E-state index contributed by atoms with van der Waals surface area (Å²) in [5, 5.41) is 0. The summed E-state index contributed by atoms with van der Waals surface area (Å²) in [4.78, 5) is 0. The van der Waals surface area contributed by atoms with Gasteiger partial charge in [-0.25, -0.2) is 0 Å². The highest BCUT2D eigenvalue weighted by Gasteiger charge is 2.36. The van der Waals surface area contributed by atoms with Crippen LogP contribution in [0.25, 0.3) is 0 Å². The third kappa shape index (κ3) is 2.53. The summed E-state index contributed by atoms with van der Waals surface area (Å²) in [5.41, 5.74) is 6.09. The minimum Gasteiger partial charge on any atom is -0.325 e. The zero-order valence-electron chi connectivity index (χ0n) is 6.77. The molecule has 0 saturated heterocycles. The first-order valence-corrected chi connectivity index (χ1v) is 4.21. The SMILES string of the molecule is CCC/C=C/CC1(N)CC1. The van der Waals surface area contributed by atoms with Gasteiger partial charge in [-0.05, 0) is 25.7 Å². The standard InChI is InChI=1S/C9H17N/c1-2-3-4-5-6-9(10)7-8-9/h4-5H,2-3,6-8,10H2,1H3/b5-4+. The maximum Gasteiger partial charge on any atom is 0.0190 e. The molecule has 0 bridgehead atoms. The molecule has 1 saturated carbocycles. The van der Waals surface area contributed by atoms with E-state index in [1.807, 2.05) is 0 Å². The average Bonchev–Trinajstić information content (AvgIpc) is 2.62. The van der Waals surface area contributed by atoms with Gasteiger partial charge in [0.25, 0.3) is 0 Å². The van der Waals surface area contributed by atoms with Gasteiger partial charge in [-0.1, -0.05) is 25.5 Å². The van der Waals surface area contributed by atoms with E-state index in [-0.39, 0.29) is 5.54 Å². The van der Waals surface area contributed by atoms with Gasteiger partial charge in [0.1, 0.15) is 0 Å². The lowest BCUT2D eigenvalue weighted by atomic mass is 10.2. The van der Waals surface area contributed by atoms with Crippen LogP contribution in [0.2, 0.25) is 0 Å². The third-order valence-electron chi connectivity index (χ3n) is 2.04. The minimum atomic E-state index is 0.213. The molecule has 0 amide bonds. The number of hydrogen-bond acceptors (Lipinski definition) is 1. The molecule has 1 nitrogen and oxygen atoms in total. The van der Waals surface area contributed by atoms with E-state index >= 15 is 0 Å². The summed E-state index contributed by atoms with van der Waals surface area (Å²) in [6.07, 6.45) is 10.5. The Morgan fingerprint density at radius 1 is 1.40 bits per heavy atom. The third-order valence-corrected chi connectivity index (χ3v) is 2.04. The van der Waals surface area contributed by atoms with E-state index in [9.17, 15) is 0 Å². The van der Waals surface area contributed by atoms with Crippen molar-refractivity contribution in [3.05, 3.63) is 12.2 Å². The molecule has 0 radical (unpaired) electrons. The first kappa shape index (κ1) is 7.80. The van der Waals surface area contributed by atoms with Crippen molar-refractivity contribution in [2.24, 2.45) is 5.73 Å². The van der Waals surface area contributed by atoms with Crippen LogP contribution in [0.15, 0.2) is 12.2 Å². The van der Waals surface area contributed by atoms with E-state index in [1.54, 1.807) is 0 Å². The van der Waals surface area contributed by atoms with Gasteiger partial charge in [0.2, 0.25) is 0 Å². The summed E-state index contributed by atoms with van der Waals surface area (Å²) < 4.78 is 0. The smallest absolute Gasteiger partial charge is 0.0190 e. The number of hydrogen-bond donors (Lipinski definition) is 1. The van der Waals surface area contributed by atoms with Crippen LogP contribution < -0.4 is 5.73 Å². The fraction of sp³-hybridized carbons (Fsp3) is 0.778. The Hall–Kier alpha value is -0.300. The van der Waals surface area contributed by atoms with Crippen molar-refractivity contribution < 1.29 is 0 Å². The topological polar surface area (TPSA) is 26.0 Å². The fourth-order valence-corrected chi connectivity index (χ4v) is 0.967. The van der Waals surface area contributed by atoms with Crippen molar-refractivity contribution in [1.29, 1.82) is 0 Å². The zero-order valence-corrected chi connectivity index (χ0v) is 6.77. The Balaban J connectivity index is 2.04. The maximum absolute atomic E-state index is 5.88. The molecule has 0 aliphatic heterocycles. The van der Waals surface area contributed by atoms with Gasteiger partial charge in [0, 0.05) is 5.54 Å². The van der Waals surface area contributed by atoms with Crippen LogP contribution in [-0.4, -0.2) is 5.54 Å². The highest BCUT2D eigenvalue weighted by Crippen LogP contribution is 2.35. The highest BCUT2D eigenvalue weighted by atomic mass is 14.8. The second kappa shape index (κ2) is 3.20. The molecule has 0 atom stereocenters. The molecule has 1 fully saturated rings. The molecule has 0 aromatic rings. The van der Waals surface area contributed by atoms with Gasteiger partial charge < -0.3 is 5.73 Å². The molecular weight excluding hydrogens is 122 g/mol. The number of nitrogens with two attached hydrogens (primary N) is 1. The molecule has 1 aliphatic carbocycles. The summed E-state index contributed by atoms with van der Waals surface area (Å²) in [6, 6.07) is 0. The van der Waals surface area contributed by atoms with E-state index in [4.69, 9.17) is 5.73 Å². The first-order valence-electron chi connectivity index (χ1n) is 4.21. The summed E-state index contributed by atoms with van der Waals surface area (Å²) in [6.45, 7) is 2.19. The van der Waals surface area contributed by atoms with Gasteiger partial charge in [-0.2, -0.15) is 0 Å². The van der Waals surface area contributed by atoms with Crippen LogP contribution in [0.4, 0.5) is 0 Å². The zero-order chi connectivity index (χ0) is 7.45. The highest BCUT2D eigenvalue weighted by molar-refractivity contribution is 5.04. The molecule has 1 rings (SSSR count). The molecular formula is C9H17N. The van der Waals surface area contributed by atoms with E-state index in [2.05, 4.69) is 19.1 Å². The van der Waals surface area contributed by atoms with E-state index in [1.165, 1.54) is 25.7 Å². The second-order valence-corrected chi connectivity index (χ2v) is 3.33. The number of unbranched alkanes of at least 4 members (excludes halogenated alkanes) is 1. The van der Waals surface area contributed by atoms with Gasteiger partial charge in [-0.3, -0.25) is 0 Å². The van der Waals surface area contributed by atoms with E-state index < -0.39 is 0 Å². The van der Waals surface area contributed by atoms with Crippen molar-refractivity contribution in [3.63, 3.8) is 0 Å². The summed E-state index contributed by atoms with van der Waals surface area (Å²) in [5.74, 6) is 0.